The molecule has 8 heteroatoms. The number of hydrogen-bond acceptors (Lipinski definition) is 7. The standard InChI is InChI=1S/C11H18N6OS/c1-19-11-15-8(6-9(16-11)17-12)13-5-4-10(18)14-7-2-3-7/h6-7H,2-5,12H2,1H3,(H,14,18)(H2,13,15,16,17). The van der Waals surface area contributed by atoms with E-state index in [9.17, 15) is 4.79 Å². The maximum Gasteiger partial charge on any atom is 0.221 e. The molecule has 0 bridgehead atoms. The van der Waals surface area contributed by atoms with Crippen LogP contribution in [0, 0.1) is 0 Å². The van der Waals surface area contributed by atoms with Crippen LogP contribution in [0.15, 0.2) is 11.2 Å². The molecule has 7 nitrogen and oxygen atoms in total. The van der Waals surface area contributed by atoms with Gasteiger partial charge in [-0.25, -0.2) is 15.8 Å². The number of anilines is 2. The summed E-state index contributed by atoms with van der Waals surface area (Å²) in [7, 11) is 0. The van der Waals surface area contributed by atoms with E-state index in [-0.39, 0.29) is 5.91 Å². The molecule has 0 radical (unpaired) electrons. The highest BCUT2D eigenvalue weighted by Crippen LogP contribution is 2.19. The molecular weight excluding hydrogens is 264 g/mol. The molecule has 1 aliphatic rings. The van der Waals surface area contributed by atoms with Crippen molar-refractivity contribution in [1.82, 2.24) is 15.3 Å². The van der Waals surface area contributed by atoms with Crippen LogP contribution in [-0.2, 0) is 4.79 Å². The lowest BCUT2D eigenvalue weighted by molar-refractivity contribution is -0.120. The molecule has 0 aliphatic heterocycles. The summed E-state index contributed by atoms with van der Waals surface area (Å²) in [6, 6.07) is 2.11. The molecule has 1 heterocycles. The summed E-state index contributed by atoms with van der Waals surface area (Å²) in [4.78, 5) is 20.0. The first-order valence-electron chi connectivity index (χ1n) is 6.14. The smallest absolute Gasteiger partial charge is 0.221 e. The van der Waals surface area contributed by atoms with Crippen molar-refractivity contribution in [2.24, 2.45) is 5.84 Å². The minimum atomic E-state index is 0.0753. The number of nitrogen functional groups attached to an aromatic ring is 1. The number of hydrazine groups is 1. The molecule has 1 aliphatic carbocycles. The summed E-state index contributed by atoms with van der Waals surface area (Å²) in [6.45, 7) is 0.535. The van der Waals surface area contributed by atoms with E-state index in [0.29, 0.717) is 35.8 Å². The fraction of sp³-hybridized carbons (Fsp3) is 0.545. The predicted octanol–water partition coefficient (Wildman–Crippen LogP) is 0.565. The van der Waals surface area contributed by atoms with Gasteiger partial charge in [0.05, 0.1) is 0 Å². The van der Waals surface area contributed by atoms with E-state index < -0.39 is 0 Å². The highest BCUT2D eigenvalue weighted by Gasteiger charge is 2.22. The Morgan fingerprint density at radius 1 is 1.47 bits per heavy atom. The molecule has 5 N–H and O–H groups in total. The molecule has 1 aromatic heterocycles. The maximum atomic E-state index is 11.5. The van der Waals surface area contributed by atoms with E-state index in [1.165, 1.54) is 11.8 Å². The average molecular weight is 282 g/mol. The number of nitrogens with two attached hydrogens (primary N) is 1. The molecule has 1 fully saturated rings. The van der Waals surface area contributed by atoms with Crippen molar-refractivity contribution in [2.75, 3.05) is 23.5 Å². The van der Waals surface area contributed by atoms with E-state index in [1.807, 2.05) is 6.26 Å². The predicted molar refractivity (Wildman–Crippen MR) is 75.9 cm³/mol. The number of carbonyl (C=O) groups excluding carboxylic acids is 1. The maximum absolute atomic E-state index is 11.5. The van der Waals surface area contributed by atoms with Gasteiger partial charge < -0.3 is 16.1 Å². The Bertz CT molecular complexity index is 429. The van der Waals surface area contributed by atoms with Crippen LogP contribution in [0.25, 0.3) is 0 Å². The molecule has 0 atom stereocenters. The van der Waals surface area contributed by atoms with Crippen LogP contribution in [0.3, 0.4) is 0 Å². The summed E-state index contributed by atoms with van der Waals surface area (Å²) in [5, 5.41) is 6.66. The second kappa shape index (κ2) is 6.58. The molecule has 1 saturated carbocycles. The molecule has 0 aromatic carbocycles. The second-order valence-electron chi connectivity index (χ2n) is 4.29. The zero-order valence-electron chi connectivity index (χ0n) is 10.8. The second-order valence-corrected chi connectivity index (χ2v) is 5.06. The average Bonchev–Trinajstić information content (AvgIpc) is 3.22. The van der Waals surface area contributed by atoms with E-state index in [2.05, 4.69) is 26.0 Å². The van der Waals surface area contributed by atoms with Crippen molar-refractivity contribution in [3.63, 3.8) is 0 Å². The van der Waals surface area contributed by atoms with Gasteiger partial charge in [-0.15, -0.1) is 0 Å². The van der Waals surface area contributed by atoms with Gasteiger partial charge in [0.1, 0.15) is 11.6 Å². The number of nitrogens with zero attached hydrogens (tertiary/aromatic N) is 2. The Labute approximate surface area is 116 Å². The molecule has 1 aromatic rings. The van der Waals surface area contributed by atoms with E-state index in [0.717, 1.165) is 12.8 Å². The van der Waals surface area contributed by atoms with Gasteiger partial charge in [0.15, 0.2) is 5.16 Å². The first kappa shape index (κ1) is 13.9. The number of amides is 1. The quantitative estimate of drug-likeness (QED) is 0.251. The molecule has 1 amide bonds. The lowest BCUT2D eigenvalue weighted by atomic mass is 10.4. The Morgan fingerprint density at radius 2 is 2.21 bits per heavy atom. The normalized spacial score (nSPS) is 14.0. The van der Waals surface area contributed by atoms with Crippen molar-refractivity contribution < 1.29 is 4.79 Å². The van der Waals surface area contributed by atoms with Crippen LogP contribution in [0.2, 0.25) is 0 Å². The first-order chi connectivity index (χ1) is 9.21. The van der Waals surface area contributed by atoms with Gasteiger partial charge in [-0.1, -0.05) is 11.8 Å². The Morgan fingerprint density at radius 3 is 2.84 bits per heavy atom. The van der Waals surface area contributed by atoms with E-state index >= 15 is 0 Å². The van der Waals surface area contributed by atoms with Gasteiger partial charge in [-0.3, -0.25) is 4.79 Å². The molecule has 104 valence electrons. The Balaban J connectivity index is 1.82. The summed E-state index contributed by atoms with van der Waals surface area (Å²) in [6.07, 6.45) is 4.53. The minimum Gasteiger partial charge on any atom is -0.369 e. The van der Waals surface area contributed by atoms with Gasteiger partial charge in [-0.05, 0) is 19.1 Å². The van der Waals surface area contributed by atoms with Crippen molar-refractivity contribution in [3.8, 4) is 0 Å². The molecule has 0 unspecified atom stereocenters. The minimum absolute atomic E-state index is 0.0753. The fourth-order valence-corrected chi connectivity index (χ4v) is 1.89. The third-order valence-corrected chi connectivity index (χ3v) is 3.18. The summed E-state index contributed by atoms with van der Waals surface area (Å²) < 4.78 is 0. The summed E-state index contributed by atoms with van der Waals surface area (Å²) in [5.74, 6) is 6.62. The number of carbonyl (C=O) groups is 1. The number of hydrogen-bond donors (Lipinski definition) is 4. The topological polar surface area (TPSA) is 105 Å². The lowest BCUT2D eigenvalue weighted by Crippen LogP contribution is -2.27. The van der Waals surface area contributed by atoms with Crippen LogP contribution in [0.5, 0.6) is 0 Å². The van der Waals surface area contributed by atoms with Gasteiger partial charge in [-0.2, -0.15) is 0 Å². The summed E-state index contributed by atoms with van der Waals surface area (Å²) in [5.41, 5.74) is 2.49. The highest BCUT2D eigenvalue weighted by molar-refractivity contribution is 7.98. The monoisotopic (exact) mass is 282 g/mol. The van der Waals surface area contributed by atoms with Gasteiger partial charge in [0.25, 0.3) is 0 Å². The van der Waals surface area contributed by atoms with Crippen LogP contribution in [0.4, 0.5) is 11.6 Å². The van der Waals surface area contributed by atoms with Crippen molar-refractivity contribution in [1.29, 1.82) is 0 Å². The largest absolute Gasteiger partial charge is 0.369 e. The number of aromatic nitrogens is 2. The third-order valence-electron chi connectivity index (χ3n) is 2.64. The summed E-state index contributed by atoms with van der Waals surface area (Å²) >= 11 is 1.43. The van der Waals surface area contributed by atoms with Crippen LogP contribution in [-0.4, -0.2) is 34.7 Å². The molecular formula is C11H18N6OS. The molecule has 0 spiro atoms. The van der Waals surface area contributed by atoms with Crippen LogP contribution < -0.4 is 21.9 Å². The fourth-order valence-electron chi connectivity index (χ4n) is 1.51. The van der Waals surface area contributed by atoms with Crippen molar-refractivity contribution in [3.05, 3.63) is 6.07 Å². The molecule has 2 rings (SSSR count). The Kier molecular flexibility index (Phi) is 4.80. The number of nitrogens with one attached hydrogen (secondary N) is 3. The van der Waals surface area contributed by atoms with Crippen LogP contribution in [0.1, 0.15) is 19.3 Å². The van der Waals surface area contributed by atoms with Gasteiger partial charge in [0.2, 0.25) is 5.91 Å². The van der Waals surface area contributed by atoms with E-state index in [1.54, 1.807) is 6.07 Å². The third kappa shape index (κ3) is 4.56. The number of rotatable bonds is 7. The van der Waals surface area contributed by atoms with Crippen molar-refractivity contribution >= 4 is 29.3 Å². The first-order valence-corrected chi connectivity index (χ1v) is 7.36. The van der Waals surface area contributed by atoms with Gasteiger partial charge >= 0.3 is 0 Å². The van der Waals surface area contributed by atoms with Crippen LogP contribution >= 0.6 is 11.8 Å². The molecule has 0 saturated heterocycles. The van der Waals surface area contributed by atoms with E-state index in [4.69, 9.17) is 5.84 Å². The SMILES string of the molecule is CSc1nc(NN)cc(NCCC(=O)NC2CC2)n1. The van der Waals surface area contributed by atoms with Gasteiger partial charge in [0, 0.05) is 25.1 Å². The zero-order valence-corrected chi connectivity index (χ0v) is 11.6. The highest BCUT2D eigenvalue weighted by atomic mass is 32.2. The van der Waals surface area contributed by atoms with Crippen molar-refractivity contribution in [2.45, 2.75) is 30.5 Å². The Hall–Kier alpha value is -1.54. The number of thioether (sulfide) groups is 1. The zero-order chi connectivity index (χ0) is 13.7. The molecule has 19 heavy (non-hydrogen) atoms. The lowest BCUT2D eigenvalue weighted by Gasteiger charge is -2.08.